The molecule has 0 atom stereocenters. The number of amides is 1. The number of carboxylic acids is 1. The van der Waals surface area contributed by atoms with Crippen LogP contribution in [0.25, 0.3) is 0 Å². The number of carbonyl (C=O) groups excluding carboxylic acids is 2. The van der Waals surface area contributed by atoms with Gasteiger partial charge in [0.05, 0.1) is 0 Å². The van der Waals surface area contributed by atoms with Gasteiger partial charge in [-0.15, -0.1) is 0 Å². The summed E-state index contributed by atoms with van der Waals surface area (Å²) in [7, 11) is 0. The molecule has 0 saturated heterocycles. The first-order valence-electron chi connectivity index (χ1n) is 12.5. The van der Waals surface area contributed by atoms with Gasteiger partial charge in [-0.25, -0.2) is 0 Å². The minimum atomic E-state index is -0.682. The predicted octanol–water partition coefficient (Wildman–Crippen LogP) is 6.82. The molecule has 0 bridgehead atoms. The highest BCUT2D eigenvalue weighted by Crippen LogP contribution is 2.13. The van der Waals surface area contributed by atoms with Crippen LogP contribution >= 0.6 is 0 Å². The molecule has 5 heteroatoms. The SMILES string of the molecule is CC.CC(=O)CCCCCNC(=O)CCCCCCCCCCCCCCC(=O)O. The summed E-state index contributed by atoms with van der Waals surface area (Å²) in [4.78, 5) is 32.9. The minimum Gasteiger partial charge on any atom is -0.481 e. The van der Waals surface area contributed by atoms with Crippen molar-refractivity contribution in [3.63, 3.8) is 0 Å². The van der Waals surface area contributed by atoms with Gasteiger partial charge < -0.3 is 15.2 Å². The van der Waals surface area contributed by atoms with Crippen molar-refractivity contribution >= 4 is 17.7 Å². The fourth-order valence-corrected chi connectivity index (χ4v) is 3.32. The molecular weight excluding hydrogens is 378 g/mol. The Morgan fingerprint density at radius 3 is 1.37 bits per heavy atom. The van der Waals surface area contributed by atoms with E-state index < -0.39 is 5.97 Å². The average Bonchev–Trinajstić information content (AvgIpc) is 2.71. The fraction of sp³-hybridized carbons (Fsp3) is 0.880. The van der Waals surface area contributed by atoms with Crippen molar-refractivity contribution in [1.82, 2.24) is 5.32 Å². The largest absolute Gasteiger partial charge is 0.481 e. The van der Waals surface area contributed by atoms with Crippen molar-refractivity contribution in [3.8, 4) is 0 Å². The number of ketones is 1. The Balaban J connectivity index is 0. The molecule has 30 heavy (non-hydrogen) atoms. The Kier molecular flexibility index (Phi) is 26.3. The van der Waals surface area contributed by atoms with Crippen LogP contribution in [0.5, 0.6) is 0 Å². The van der Waals surface area contributed by atoms with Gasteiger partial charge in [-0.1, -0.05) is 84.5 Å². The summed E-state index contributed by atoms with van der Waals surface area (Å²) in [6, 6.07) is 0. The standard InChI is InChI=1S/C23H43NO4.C2H6/c1-21(25)17-13-12-16-20-24-22(26)18-14-10-8-6-4-2-3-5-7-9-11-15-19-23(27)28;1-2/h2-20H2,1H3,(H,24,26)(H,27,28);1-2H3. The van der Waals surface area contributed by atoms with Gasteiger partial charge in [-0.05, 0) is 32.6 Å². The van der Waals surface area contributed by atoms with Gasteiger partial charge in [0.25, 0.3) is 0 Å². The molecule has 0 aliphatic heterocycles. The zero-order valence-electron chi connectivity index (χ0n) is 20.1. The second-order valence-electron chi connectivity index (χ2n) is 8.00. The summed E-state index contributed by atoms with van der Waals surface area (Å²) in [5, 5.41) is 11.5. The minimum absolute atomic E-state index is 0.162. The van der Waals surface area contributed by atoms with E-state index in [2.05, 4.69) is 5.32 Å². The summed E-state index contributed by atoms with van der Waals surface area (Å²) >= 11 is 0. The van der Waals surface area contributed by atoms with Crippen LogP contribution < -0.4 is 5.32 Å². The number of hydrogen-bond donors (Lipinski definition) is 2. The van der Waals surface area contributed by atoms with Crippen molar-refractivity contribution in [3.05, 3.63) is 0 Å². The Morgan fingerprint density at radius 2 is 0.933 bits per heavy atom. The molecule has 0 fully saturated rings. The average molecular weight is 428 g/mol. The first-order chi connectivity index (χ1) is 14.5. The highest BCUT2D eigenvalue weighted by Gasteiger charge is 2.01. The molecule has 0 rings (SSSR count). The topological polar surface area (TPSA) is 83.5 Å². The Labute approximate surface area is 185 Å². The number of rotatable bonds is 21. The molecule has 0 aromatic carbocycles. The maximum absolute atomic E-state index is 11.7. The van der Waals surface area contributed by atoms with E-state index in [4.69, 9.17) is 5.11 Å². The molecule has 2 N–H and O–H groups in total. The van der Waals surface area contributed by atoms with Gasteiger partial charge in [0.1, 0.15) is 5.78 Å². The van der Waals surface area contributed by atoms with Crippen molar-refractivity contribution in [2.45, 2.75) is 136 Å². The second-order valence-corrected chi connectivity index (χ2v) is 8.00. The normalized spacial score (nSPS) is 10.2. The summed E-state index contributed by atoms with van der Waals surface area (Å²) < 4.78 is 0. The highest BCUT2D eigenvalue weighted by atomic mass is 16.4. The third-order valence-electron chi connectivity index (χ3n) is 5.07. The number of unbranched alkanes of at least 4 members (excludes halogenated alkanes) is 13. The second kappa shape index (κ2) is 25.6. The monoisotopic (exact) mass is 427 g/mol. The molecule has 0 aromatic heterocycles. The maximum atomic E-state index is 11.7. The number of carboxylic acid groups (broad SMARTS) is 1. The van der Waals surface area contributed by atoms with Gasteiger partial charge >= 0.3 is 5.97 Å². The molecular formula is C25H49NO4. The quantitative estimate of drug-likeness (QED) is 0.197. The van der Waals surface area contributed by atoms with Gasteiger partial charge in [0, 0.05) is 25.8 Å². The van der Waals surface area contributed by atoms with E-state index in [0.29, 0.717) is 19.3 Å². The molecule has 178 valence electrons. The molecule has 0 aliphatic carbocycles. The highest BCUT2D eigenvalue weighted by molar-refractivity contribution is 5.76. The Bertz CT molecular complexity index is 410. The number of Topliss-reactive ketones (excluding diaryl/α,β-unsaturated/α-hetero) is 1. The summed E-state index contributed by atoms with van der Waals surface area (Å²) in [5.74, 6) is -0.276. The van der Waals surface area contributed by atoms with Crippen LogP contribution in [0.3, 0.4) is 0 Å². The van der Waals surface area contributed by atoms with Crippen molar-refractivity contribution in [2.24, 2.45) is 0 Å². The predicted molar refractivity (Wildman–Crippen MR) is 126 cm³/mol. The molecule has 0 heterocycles. The van der Waals surface area contributed by atoms with E-state index in [1.165, 1.54) is 44.9 Å². The van der Waals surface area contributed by atoms with Crippen LogP contribution in [0.2, 0.25) is 0 Å². The van der Waals surface area contributed by atoms with E-state index in [1.807, 2.05) is 13.8 Å². The third-order valence-corrected chi connectivity index (χ3v) is 5.07. The van der Waals surface area contributed by atoms with Gasteiger partial charge in [-0.2, -0.15) is 0 Å². The van der Waals surface area contributed by atoms with E-state index >= 15 is 0 Å². The summed E-state index contributed by atoms with van der Waals surface area (Å²) in [6.45, 7) is 6.35. The first kappa shape index (κ1) is 30.8. The molecule has 0 aromatic rings. The van der Waals surface area contributed by atoms with E-state index in [1.54, 1.807) is 6.92 Å². The van der Waals surface area contributed by atoms with Crippen LogP contribution in [-0.4, -0.2) is 29.3 Å². The van der Waals surface area contributed by atoms with Crippen molar-refractivity contribution in [2.75, 3.05) is 6.54 Å². The van der Waals surface area contributed by atoms with Crippen LogP contribution in [0.4, 0.5) is 0 Å². The lowest BCUT2D eigenvalue weighted by Gasteiger charge is -2.05. The number of aliphatic carboxylic acids is 1. The maximum Gasteiger partial charge on any atom is 0.303 e. The van der Waals surface area contributed by atoms with Crippen molar-refractivity contribution < 1.29 is 19.5 Å². The van der Waals surface area contributed by atoms with Crippen LogP contribution in [-0.2, 0) is 14.4 Å². The number of nitrogens with one attached hydrogen (secondary N) is 1. The Morgan fingerprint density at radius 1 is 0.567 bits per heavy atom. The number of carbonyl (C=O) groups is 3. The smallest absolute Gasteiger partial charge is 0.303 e. The Hall–Kier alpha value is -1.39. The van der Waals surface area contributed by atoms with Gasteiger partial charge in [0.15, 0.2) is 0 Å². The number of hydrogen-bond acceptors (Lipinski definition) is 3. The molecule has 0 spiro atoms. The molecule has 0 aliphatic rings. The van der Waals surface area contributed by atoms with Crippen LogP contribution in [0, 0.1) is 0 Å². The summed E-state index contributed by atoms with van der Waals surface area (Å²) in [5.41, 5.74) is 0. The van der Waals surface area contributed by atoms with Gasteiger partial charge in [0.2, 0.25) is 5.91 Å². The van der Waals surface area contributed by atoms with E-state index in [-0.39, 0.29) is 11.7 Å². The molecule has 0 radical (unpaired) electrons. The van der Waals surface area contributed by atoms with Crippen LogP contribution in [0.1, 0.15) is 136 Å². The molecule has 0 unspecified atom stereocenters. The lowest BCUT2D eigenvalue weighted by atomic mass is 10.0. The molecule has 0 saturated carbocycles. The van der Waals surface area contributed by atoms with Gasteiger partial charge in [-0.3, -0.25) is 9.59 Å². The third kappa shape index (κ3) is 28.8. The lowest BCUT2D eigenvalue weighted by molar-refractivity contribution is -0.137. The zero-order valence-corrected chi connectivity index (χ0v) is 20.1. The molecule has 1 amide bonds. The fourth-order valence-electron chi connectivity index (χ4n) is 3.32. The summed E-state index contributed by atoms with van der Waals surface area (Å²) in [6.07, 6.45) is 18.4. The van der Waals surface area contributed by atoms with E-state index in [0.717, 1.165) is 57.9 Å². The van der Waals surface area contributed by atoms with Crippen LogP contribution in [0.15, 0.2) is 0 Å². The van der Waals surface area contributed by atoms with E-state index in [9.17, 15) is 14.4 Å². The van der Waals surface area contributed by atoms with Crippen molar-refractivity contribution in [1.29, 1.82) is 0 Å². The first-order valence-corrected chi connectivity index (χ1v) is 12.5. The zero-order chi connectivity index (χ0) is 22.9. The lowest BCUT2D eigenvalue weighted by Crippen LogP contribution is -2.23. The molecule has 5 nitrogen and oxygen atoms in total.